The molecule has 96 valence electrons. The highest BCUT2D eigenvalue weighted by Gasteiger charge is 2.17. The van der Waals surface area contributed by atoms with Crippen LogP contribution in [0.3, 0.4) is 0 Å². The van der Waals surface area contributed by atoms with Gasteiger partial charge in [0.25, 0.3) is 0 Å². The lowest BCUT2D eigenvalue weighted by molar-refractivity contribution is 0.0594. The van der Waals surface area contributed by atoms with E-state index in [2.05, 4.69) is 22.1 Å². The smallest absolute Gasteiger partial charge is 0.358 e. The van der Waals surface area contributed by atoms with Gasteiger partial charge in [0.05, 0.1) is 7.11 Å². The zero-order valence-corrected chi connectivity index (χ0v) is 11.4. The third-order valence-electron chi connectivity index (χ3n) is 3.00. The zero-order chi connectivity index (χ0) is 13.4. The van der Waals surface area contributed by atoms with Gasteiger partial charge in [0.15, 0.2) is 5.69 Å². The van der Waals surface area contributed by atoms with Crippen molar-refractivity contribution in [3.05, 3.63) is 41.0 Å². The van der Waals surface area contributed by atoms with Crippen LogP contribution >= 0.6 is 11.3 Å². The third kappa shape index (κ3) is 1.92. The number of fused-ring (bicyclic) bond motifs is 1. The number of ether oxygens (including phenoxy) is 1. The number of esters is 1. The Hall–Kier alpha value is -2.14. The highest BCUT2D eigenvalue weighted by molar-refractivity contribution is 7.17. The Balaban J connectivity index is 2.15. The number of aryl methyl sites for hydroxylation is 1. The SMILES string of the molecule is COC(=O)c1nc(-c2csc3ccccc23)[nH]c1C. The molecule has 0 aliphatic heterocycles. The summed E-state index contributed by atoms with van der Waals surface area (Å²) in [5.74, 6) is 0.287. The van der Waals surface area contributed by atoms with E-state index in [-0.39, 0.29) is 0 Å². The van der Waals surface area contributed by atoms with E-state index in [0.717, 1.165) is 16.6 Å². The standard InChI is InChI=1S/C14H12N2O2S/c1-8-12(14(17)18-2)16-13(15-8)10-7-19-11-6-4-3-5-9(10)11/h3-7H,1-2H3,(H,15,16). The van der Waals surface area contributed by atoms with E-state index in [1.165, 1.54) is 11.8 Å². The minimum absolute atomic E-state index is 0.341. The van der Waals surface area contributed by atoms with Crippen LogP contribution in [0.1, 0.15) is 16.2 Å². The number of methoxy groups -OCH3 is 1. The molecule has 0 amide bonds. The molecule has 0 atom stereocenters. The first kappa shape index (κ1) is 11.9. The van der Waals surface area contributed by atoms with Crippen LogP contribution in [0.25, 0.3) is 21.5 Å². The number of hydrogen-bond acceptors (Lipinski definition) is 4. The fourth-order valence-corrected chi connectivity index (χ4v) is 2.99. The molecule has 0 fully saturated rings. The number of rotatable bonds is 2. The van der Waals surface area contributed by atoms with Gasteiger partial charge in [0.2, 0.25) is 0 Å². The molecule has 19 heavy (non-hydrogen) atoms. The van der Waals surface area contributed by atoms with Gasteiger partial charge in [-0.2, -0.15) is 0 Å². The maximum absolute atomic E-state index is 11.6. The highest BCUT2D eigenvalue weighted by atomic mass is 32.1. The van der Waals surface area contributed by atoms with E-state index in [1.54, 1.807) is 11.3 Å². The van der Waals surface area contributed by atoms with Crippen molar-refractivity contribution in [2.24, 2.45) is 0 Å². The van der Waals surface area contributed by atoms with Gasteiger partial charge in [-0.15, -0.1) is 11.3 Å². The van der Waals surface area contributed by atoms with Crippen LogP contribution in [0, 0.1) is 6.92 Å². The maximum atomic E-state index is 11.6. The average molecular weight is 272 g/mol. The van der Waals surface area contributed by atoms with Gasteiger partial charge < -0.3 is 9.72 Å². The highest BCUT2D eigenvalue weighted by Crippen LogP contribution is 2.32. The van der Waals surface area contributed by atoms with Gasteiger partial charge in [-0.1, -0.05) is 18.2 Å². The fraction of sp³-hybridized carbons (Fsp3) is 0.143. The van der Waals surface area contributed by atoms with E-state index >= 15 is 0 Å². The second-order valence-corrected chi connectivity index (χ2v) is 5.11. The molecular weight excluding hydrogens is 260 g/mol. The summed E-state index contributed by atoms with van der Waals surface area (Å²) in [5.41, 5.74) is 2.07. The Kier molecular flexibility index (Phi) is 2.83. The summed E-state index contributed by atoms with van der Waals surface area (Å²) < 4.78 is 5.92. The summed E-state index contributed by atoms with van der Waals surface area (Å²) in [6.07, 6.45) is 0. The van der Waals surface area contributed by atoms with Crippen LogP contribution < -0.4 is 0 Å². The van der Waals surface area contributed by atoms with Crippen LogP contribution in [-0.2, 0) is 4.74 Å². The van der Waals surface area contributed by atoms with Crippen molar-refractivity contribution >= 4 is 27.4 Å². The van der Waals surface area contributed by atoms with E-state index in [0.29, 0.717) is 11.5 Å². The lowest BCUT2D eigenvalue weighted by Gasteiger charge is -1.94. The number of H-pyrrole nitrogens is 1. The Labute approximate surface area is 114 Å². The molecule has 0 aliphatic rings. The molecule has 2 heterocycles. The summed E-state index contributed by atoms with van der Waals surface area (Å²) in [6, 6.07) is 8.13. The van der Waals surface area contributed by atoms with Crippen molar-refractivity contribution in [1.29, 1.82) is 0 Å². The fourth-order valence-electron chi connectivity index (χ4n) is 2.04. The number of imidazole rings is 1. The summed E-state index contributed by atoms with van der Waals surface area (Å²) >= 11 is 1.66. The molecule has 1 aromatic carbocycles. The average Bonchev–Trinajstić information content (AvgIpc) is 3.01. The molecule has 3 aromatic rings. The number of carbonyl (C=O) groups is 1. The van der Waals surface area contributed by atoms with Gasteiger partial charge in [0.1, 0.15) is 5.82 Å². The lowest BCUT2D eigenvalue weighted by atomic mass is 10.2. The maximum Gasteiger partial charge on any atom is 0.358 e. The van der Waals surface area contributed by atoms with Crippen molar-refractivity contribution in [1.82, 2.24) is 9.97 Å². The van der Waals surface area contributed by atoms with Gasteiger partial charge in [-0.25, -0.2) is 9.78 Å². The number of aromatic nitrogens is 2. The normalized spacial score (nSPS) is 10.8. The van der Waals surface area contributed by atoms with E-state index < -0.39 is 5.97 Å². The second kappa shape index (κ2) is 4.51. The number of thiophene rings is 1. The summed E-state index contributed by atoms with van der Waals surface area (Å²) in [5, 5.41) is 3.18. The van der Waals surface area contributed by atoms with Crippen LogP contribution in [0.5, 0.6) is 0 Å². The molecule has 3 rings (SSSR count). The number of hydrogen-bond donors (Lipinski definition) is 1. The van der Waals surface area contributed by atoms with Gasteiger partial charge >= 0.3 is 5.97 Å². The predicted octanol–water partition coefficient (Wildman–Crippen LogP) is 3.39. The Morgan fingerprint density at radius 1 is 1.37 bits per heavy atom. The van der Waals surface area contributed by atoms with Crippen LogP contribution in [0.4, 0.5) is 0 Å². The van der Waals surface area contributed by atoms with E-state index in [1.807, 2.05) is 24.4 Å². The van der Waals surface area contributed by atoms with Crippen molar-refractivity contribution in [3.8, 4) is 11.4 Å². The van der Waals surface area contributed by atoms with Crippen molar-refractivity contribution in [2.45, 2.75) is 6.92 Å². The van der Waals surface area contributed by atoms with Crippen LogP contribution in [-0.4, -0.2) is 23.0 Å². The molecule has 2 aromatic heterocycles. The van der Waals surface area contributed by atoms with Gasteiger partial charge in [-0.05, 0) is 13.0 Å². The lowest BCUT2D eigenvalue weighted by Crippen LogP contribution is -2.03. The molecule has 0 saturated carbocycles. The van der Waals surface area contributed by atoms with Crippen molar-refractivity contribution in [2.75, 3.05) is 7.11 Å². The number of aromatic amines is 1. The van der Waals surface area contributed by atoms with E-state index in [9.17, 15) is 4.79 Å². The first-order valence-electron chi connectivity index (χ1n) is 5.82. The van der Waals surface area contributed by atoms with Gasteiger partial charge in [0, 0.05) is 26.7 Å². The van der Waals surface area contributed by atoms with Crippen molar-refractivity contribution < 1.29 is 9.53 Å². The molecule has 0 bridgehead atoms. The monoisotopic (exact) mass is 272 g/mol. The summed E-state index contributed by atoms with van der Waals surface area (Å²) in [4.78, 5) is 19.1. The largest absolute Gasteiger partial charge is 0.464 e. The zero-order valence-electron chi connectivity index (χ0n) is 10.6. The summed E-state index contributed by atoms with van der Waals surface area (Å²) in [6.45, 7) is 1.82. The quantitative estimate of drug-likeness (QED) is 0.727. The molecule has 1 N–H and O–H groups in total. The molecule has 5 heteroatoms. The number of benzene rings is 1. The minimum atomic E-state index is -0.417. The molecule has 0 spiro atoms. The topological polar surface area (TPSA) is 55.0 Å². The molecular formula is C14H12N2O2S. The van der Waals surface area contributed by atoms with Crippen LogP contribution in [0.15, 0.2) is 29.6 Å². The first-order valence-corrected chi connectivity index (χ1v) is 6.70. The van der Waals surface area contributed by atoms with E-state index in [4.69, 9.17) is 4.74 Å². The number of nitrogens with one attached hydrogen (secondary N) is 1. The molecule has 0 unspecified atom stereocenters. The van der Waals surface area contributed by atoms with Gasteiger partial charge in [-0.3, -0.25) is 0 Å². The molecule has 4 nitrogen and oxygen atoms in total. The van der Waals surface area contributed by atoms with Crippen LogP contribution in [0.2, 0.25) is 0 Å². The first-order chi connectivity index (χ1) is 9.20. The number of nitrogens with zero attached hydrogens (tertiary/aromatic N) is 1. The Morgan fingerprint density at radius 3 is 2.95 bits per heavy atom. The Morgan fingerprint density at radius 2 is 2.16 bits per heavy atom. The molecule has 0 radical (unpaired) electrons. The third-order valence-corrected chi connectivity index (χ3v) is 3.96. The van der Waals surface area contributed by atoms with Crippen molar-refractivity contribution in [3.63, 3.8) is 0 Å². The summed E-state index contributed by atoms with van der Waals surface area (Å²) in [7, 11) is 1.36. The predicted molar refractivity (Wildman–Crippen MR) is 75.5 cm³/mol. The second-order valence-electron chi connectivity index (χ2n) is 4.20. The molecule has 0 saturated heterocycles. The number of carbonyl (C=O) groups excluding carboxylic acids is 1. The minimum Gasteiger partial charge on any atom is -0.464 e. The molecule has 0 aliphatic carbocycles. The Bertz CT molecular complexity index is 758.